The molecule has 1 saturated carbocycles. The number of amides is 2. The molecule has 0 unspecified atom stereocenters. The Morgan fingerprint density at radius 3 is 2.22 bits per heavy atom. The molecule has 7 nitrogen and oxygen atoms in total. The average Bonchev–Trinajstić information content (AvgIpc) is 3.31. The lowest BCUT2D eigenvalue weighted by Crippen LogP contribution is -2.52. The normalized spacial score (nSPS) is 14.9. The molecule has 1 atom stereocenters. The first-order valence-electron chi connectivity index (χ1n) is 11.3. The number of carbonyl (C=O) groups is 2. The third-order valence-corrected chi connectivity index (χ3v) is 8.63. The maximum Gasteiger partial charge on any atom is 0.244 e. The van der Waals surface area contributed by atoms with Crippen molar-refractivity contribution in [3.05, 3.63) is 62.1 Å². The number of hydrogen-bond acceptors (Lipinski definition) is 4. The van der Waals surface area contributed by atoms with Gasteiger partial charge in [-0.15, -0.1) is 0 Å². The second-order valence-corrected chi connectivity index (χ2v) is 12.3. The molecule has 196 valence electrons. The molecule has 1 aliphatic rings. The van der Waals surface area contributed by atoms with Crippen LogP contribution < -0.4 is 9.62 Å². The first-order chi connectivity index (χ1) is 16.9. The molecule has 2 aromatic carbocycles. The van der Waals surface area contributed by atoms with Crippen molar-refractivity contribution in [1.82, 2.24) is 10.2 Å². The second kappa shape index (κ2) is 12.2. The van der Waals surface area contributed by atoms with Crippen LogP contribution in [0, 0.1) is 0 Å². The van der Waals surface area contributed by atoms with Gasteiger partial charge in [-0.25, -0.2) is 8.42 Å². The number of nitrogens with one attached hydrogen (secondary N) is 1. The Balaban J connectivity index is 1.94. The van der Waals surface area contributed by atoms with Crippen molar-refractivity contribution >= 4 is 73.9 Å². The number of sulfonamides is 1. The highest BCUT2D eigenvalue weighted by atomic mass is 35.5. The topological polar surface area (TPSA) is 86.8 Å². The summed E-state index contributed by atoms with van der Waals surface area (Å²) >= 11 is 24.7. The molecule has 36 heavy (non-hydrogen) atoms. The summed E-state index contributed by atoms with van der Waals surface area (Å²) < 4.78 is 26.3. The van der Waals surface area contributed by atoms with Gasteiger partial charge in [0.05, 0.1) is 27.0 Å². The van der Waals surface area contributed by atoms with Crippen LogP contribution in [0.4, 0.5) is 5.69 Å². The number of hydrogen-bond donors (Lipinski definition) is 1. The standard InChI is InChI=1S/C24H27Cl4N3O4S/c1-15(24(33)29-17-8-4-5-9-17)30(13-16-7-3-6-10-18(16)25)23(32)14-31(36(2,34)35)22-12-20(27)19(26)11-21(22)28/h3,6-7,10-12,15,17H,4-5,8-9,13-14H2,1-2H3,(H,29,33)/t15-/m0/s1. The summed E-state index contributed by atoms with van der Waals surface area (Å²) in [4.78, 5) is 28.0. The van der Waals surface area contributed by atoms with Crippen molar-refractivity contribution in [2.75, 3.05) is 17.1 Å². The van der Waals surface area contributed by atoms with Crippen LogP contribution in [0.25, 0.3) is 0 Å². The molecular formula is C24H27Cl4N3O4S. The molecule has 0 aliphatic heterocycles. The summed E-state index contributed by atoms with van der Waals surface area (Å²) in [5.41, 5.74) is 0.620. The van der Waals surface area contributed by atoms with Gasteiger partial charge < -0.3 is 10.2 Å². The Hall–Kier alpha value is -1.71. The quantitative estimate of drug-likeness (QED) is 0.386. The monoisotopic (exact) mass is 593 g/mol. The summed E-state index contributed by atoms with van der Waals surface area (Å²) in [7, 11) is -3.97. The molecule has 0 saturated heterocycles. The van der Waals surface area contributed by atoms with Crippen molar-refractivity contribution in [2.45, 2.75) is 51.2 Å². The highest BCUT2D eigenvalue weighted by molar-refractivity contribution is 7.92. The van der Waals surface area contributed by atoms with Crippen molar-refractivity contribution in [1.29, 1.82) is 0 Å². The molecule has 12 heteroatoms. The van der Waals surface area contributed by atoms with Gasteiger partial charge in [0.1, 0.15) is 12.6 Å². The van der Waals surface area contributed by atoms with E-state index < -0.39 is 28.5 Å². The van der Waals surface area contributed by atoms with E-state index in [-0.39, 0.29) is 39.2 Å². The van der Waals surface area contributed by atoms with E-state index in [0.29, 0.717) is 10.6 Å². The van der Waals surface area contributed by atoms with Gasteiger partial charge >= 0.3 is 0 Å². The first-order valence-corrected chi connectivity index (χ1v) is 14.7. The minimum absolute atomic E-state index is 0.00247. The summed E-state index contributed by atoms with van der Waals surface area (Å²) in [6.45, 7) is 1.00. The van der Waals surface area contributed by atoms with Crippen LogP contribution in [0.1, 0.15) is 38.2 Å². The fourth-order valence-corrected chi connectivity index (χ4v) is 5.82. The maximum atomic E-state index is 13.6. The van der Waals surface area contributed by atoms with Crippen LogP contribution in [0.15, 0.2) is 36.4 Å². The molecule has 1 fully saturated rings. The number of nitrogens with zero attached hydrogens (tertiary/aromatic N) is 2. The lowest BCUT2D eigenvalue weighted by Gasteiger charge is -2.32. The predicted molar refractivity (Wildman–Crippen MR) is 146 cm³/mol. The molecule has 0 heterocycles. The fourth-order valence-electron chi connectivity index (χ4n) is 4.08. The Morgan fingerprint density at radius 1 is 1.00 bits per heavy atom. The van der Waals surface area contributed by atoms with E-state index in [9.17, 15) is 18.0 Å². The van der Waals surface area contributed by atoms with E-state index in [1.165, 1.54) is 17.0 Å². The molecule has 3 rings (SSSR count). The third-order valence-electron chi connectivity index (χ3n) is 6.11. The minimum Gasteiger partial charge on any atom is -0.352 e. The van der Waals surface area contributed by atoms with E-state index >= 15 is 0 Å². The Labute approximate surface area is 231 Å². The molecule has 0 bridgehead atoms. The second-order valence-electron chi connectivity index (χ2n) is 8.77. The van der Waals surface area contributed by atoms with Gasteiger partial charge in [0.15, 0.2) is 0 Å². The van der Waals surface area contributed by atoms with Crippen LogP contribution in [0.3, 0.4) is 0 Å². The molecule has 0 spiro atoms. The van der Waals surface area contributed by atoms with Crippen molar-refractivity contribution in [3.63, 3.8) is 0 Å². The zero-order chi connectivity index (χ0) is 26.6. The van der Waals surface area contributed by atoms with E-state index in [4.69, 9.17) is 46.4 Å². The first kappa shape index (κ1) is 28.9. The summed E-state index contributed by atoms with van der Waals surface area (Å²) in [5.74, 6) is -0.933. The number of rotatable bonds is 9. The van der Waals surface area contributed by atoms with Gasteiger partial charge in [-0.3, -0.25) is 13.9 Å². The minimum atomic E-state index is -3.97. The number of benzene rings is 2. The molecular weight excluding hydrogens is 568 g/mol. The smallest absolute Gasteiger partial charge is 0.244 e. The van der Waals surface area contributed by atoms with Crippen molar-refractivity contribution in [3.8, 4) is 0 Å². The van der Waals surface area contributed by atoms with Gasteiger partial charge in [-0.05, 0) is 43.5 Å². The SMILES string of the molecule is C[C@@H](C(=O)NC1CCCC1)N(Cc1ccccc1Cl)C(=O)CN(c1cc(Cl)c(Cl)cc1Cl)S(C)(=O)=O. The summed E-state index contributed by atoms with van der Waals surface area (Å²) in [6.07, 6.45) is 4.79. The zero-order valence-corrected chi connectivity index (χ0v) is 23.6. The maximum absolute atomic E-state index is 13.6. The average molecular weight is 595 g/mol. The predicted octanol–water partition coefficient (Wildman–Crippen LogP) is 5.54. The Kier molecular flexibility index (Phi) is 9.80. The van der Waals surface area contributed by atoms with Crippen LogP contribution in [-0.4, -0.2) is 50.0 Å². The molecule has 2 aromatic rings. The van der Waals surface area contributed by atoms with Gasteiger partial charge in [-0.1, -0.05) is 77.4 Å². The lowest BCUT2D eigenvalue weighted by molar-refractivity contribution is -0.139. The molecule has 1 N–H and O–H groups in total. The molecule has 2 amide bonds. The highest BCUT2D eigenvalue weighted by Crippen LogP contribution is 2.35. The van der Waals surface area contributed by atoms with E-state index in [1.54, 1.807) is 31.2 Å². The van der Waals surface area contributed by atoms with Crippen LogP contribution in [-0.2, 0) is 26.2 Å². The summed E-state index contributed by atoms with van der Waals surface area (Å²) in [5, 5.41) is 3.65. The summed E-state index contributed by atoms with van der Waals surface area (Å²) in [6, 6.07) is 8.71. The van der Waals surface area contributed by atoms with E-state index in [0.717, 1.165) is 36.2 Å². The lowest BCUT2D eigenvalue weighted by atomic mass is 10.1. The van der Waals surface area contributed by atoms with Crippen molar-refractivity contribution in [2.24, 2.45) is 0 Å². The van der Waals surface area contributed by atoms with E-state index in [2.05, 4.69) is 5.32 Å². The van der Waals surface area contributed by atoms with Crippen LogP contribution >= 0.6 is 46.4 Å². The van der Waals surface area contributed by atoms with Crippen molar-refractivity contribution < 1.29 is 18.0 Å². The largest absolute Gasteiger partial charge is 0.352 e. The van der Waals surface area contributed by atoms with E-state index in [1.807, 2.05) is 0 Å². The van der Waals surface area contributed by atoms with Gasteiger partial charge in [0.2, 0.25) is 21.8 Å². The van der Waals surface area contributed by atoms with Gasteiger partial charge in [0, 0.05) is 17.6 Å². The number of halogens is 4. The third kappa shape index (κ3) is 7.19. The molecule has 1 aliphatic carbocycles. The van der Waals surface area contributed by atoms with Gasteiger partial charge in [-0.2, -0.15) is 0 Å². The van der Waals surface area contributed by atoms with Gasteiger partial charge in [0.25, 0.3) is 0 Å². The van der Waals surface area contributed by atoms with Crippen LogP contribution in [0.2, 0.25) is 20.1 Å². The number of carbonyl (C=O) groups excluding carboxylic acids is 2. The Morgan fingerprint density at radius 2 is 1.61 bits per heavy atom. The zero-order valence-electron chi connectivity index (χ0n) is 19.8. The molecule has 0 aromatic heterocycles. The number of anilines is 1. The highest BCUT2D eigenvalue weighted by Gasteiger charge is 2.32. The molecule has 0 radical (unpaired) electrons. The van der Waals surface area contributed by atoms with Crippen LogP contribution in [0.5, 0.6) is 0 Å². The fraction of sp³-hybridized carbons (Fsp3) is 0.417. The Bertz CT molecular complexity index is 1240.